The van der Waals surface area contributed by atoms with E-state index in [4.69, 9.17) is 0 Å². The van der Waals surface area contributed by atoms with Crippen LogP contribution in [0.2, 0.25) is 0 Å². The molecule has 1 aromatic carbocycles. The molecular weight excluding hydrogens is 252 g/mol. The van der Waals surface area contributed by atoms with Crippen LogP contribution in [0.15, 0.2) is 6.07 Å². The van der Waals surface area contributed by atoms with Crippen LogP contribution in [-0.4, -0.2) is 16.2 Å². The van der Waals surface area contributed by atoms with E-state index in [0.717, 1.165) is 23.1 Å². The Kier molecular flexibility index (Phi) is 3.25. The third-order valence-corrected chi connectivity index (χ3v) is 5.52. The molecule has 1 unspecified atom stereocenters. The van der Waals surface area contributed by atoms with E-state index in [1.54, 1.807) is 13.0 Å². The van der Waals surface area contributed by atoms with Gasteiger partial charge in [0.2, 0.25) is 0 Å². The van der Waals surface area contributed by atoms with Gasteiger partial charge in [0.1, 0.15) is 0 Å². The Bertz CT molecular complexity index is 582. The number of aryl methyl sites for hydroxylation is 1. The number of rotatable bonds is 1. The van der Waals surface area contributed by atoms with Crippen molar-refractivity contribution in [2.24, 2.45) is 10.8 Å². The van der Waals surface area contributed by atoms with Gasteiger partial charge in [-0.2, -0.15) is 0 Å². The van der Waals surface area contributed by atoms with Gasteiger partial charge in [-0.3, -0.25) is 0 Å². The molecule has 1 aromatic rings. The molecule has 2 rings (SSSR count). The highest BCUT2D eigenvalue weighted by atomic mass is 16.4. The smallest absolute Gasteiger partial charge is 0.335 e. The fraction of sp³-hybridized carbons (Fsp3) is 0.588. The van der Waals surface area contributed by atoms with Crippen LogP contribution in [0.3, 0.4) is 0 Å². The van der Waals surface area contributed by atoms with Crippen LogP contribution in [0.1, 0.15) is 66.4 Å². The summed E-state index contributed by atoms with van der Waals surface area (Å²) in [4.78, 5) is 11.4. The number of fused-ring (bicyclic) bond motifs is 1. The molecule has 2 N–H and O–H groups in total. The van der Waals surface area contributed by atoms with Gasteiger partial charge in [0, 0.05) is 5.41 Å². The summed E-state index contributed by atoms with van der Waals surface area (Å²) in [7, 11) is 0. The zero-order valence-electron chi connectivity index (χ0n) is 13.2. The summed E-state index contributed by atoms with van der Waals surface area (Å²) < 4.78 is 0. The van der Waals surface area contributed by atoms with Crippen molar-refractivity contribution < 1.29 is 15.0 Å². The summed E-state index contributed by atoms with van der Waals surface area (Å²) in [5.74, 6) is -0.928. The first kappa shape index (κ1) is 15.0. The molecule has 110 valence electrons. The van der Waals surface area contributed by atoms with Crippen molar-refractivity contribution >= 4 is 5.97 Å². The monoisotopic (exact) mass is 276 g/mol. The van der Waals surface area contributed by atoms with Crippen molar-refractivity contribution in [3.63, 3.8) is 0 Å². The molecule has 3 heteroatoms. The highest BCUT2D eigenvalue weighted by Gasteiger charge is 2.48. The van der Waals surface area contributed by atoms with Crippen LogP contribution in [-0.2, 0) is 6.42 Å². The maximum Gasteiger partial charge on any atom is 0.335 e. The van der Waals surface area contributed by atoms with E-state index in [1.165, 1.54) is 0 Å². The fourth-order valence-electron chi connectivity index (χ4n) is 3.22. The first-order chi connectivity index (χ1) is 9.00. The number of aliphatic hydroxyl groups is 1. The van der Waals surface area contributed by atoms with Crippen LogP contribution in [0.5, 0.6) is 0 Å². The summed E-state index contributed by atoms with van der Waals surface area (Å²) in [6.45, 7) is 12.2. The average molecular weight is 276 g/mol. The molecule has 20 heavy (non-hydrogen) atoms. The van der Waals surface area contributed by atoms with Gasteiger partial charge >= 0.3 is 5.97 Å². The van der Waals surface area contributed by atoms with Gasteiger partial charge in [-0.15, -0.1) is 0 Å². The molecule has 0 radical (unpaired) electrons. The van der Waals surface area contributed by atoms with Crippen molar-refractivity contribution in [1.82, 2.24) is 0 Å². The van der Waals surface area contributed by atoms with Crippen LogP contribution in [0.25, 0.3) is 0 Å². The van der Waals surface area contributed by atoms with Gasteiger partial charge in [0.25, 0.3) is 0 Å². The number of hydrogen-bond donors (Lipinski definition) is 2. The molecule has 1 aliphatic carbocycles. The summed E-state index contributed by atoms with van der Waals surface area (Å²) in [5.41, 5.74) is 3.57. The van der Waals surface area contributed by atoms with Gasteiger partial charge in [-0.05, 0) is 54.0 Å². The molecule has 0 aliphatic heterocycles. The Hall–Kier alpha value is -1.35. The summed E-state index contributed by atoms with van der Waals surface area (Å²) in [6, 6.07) is 1.73. The Labute approximate surface area is 120 Å². The topological polar surface area (TPSA) is 57.5 Å². The molecule has 0 saturated carbocycles. The average Bonchev–Trinajstić information content (AvgIpc) is 2.30. The molecule has 0 heterocycles. The molecule has 0 fully saturated rings. The molecule has 0 saturated heterocycles. The molecule has 3 nitrogen and oxygen atoms in total. The van der Waals surface area contributed by atoms with Gasteiger partial charge in [-0.1, -0.05) is 27.7 Å². The Morgan fingerprint density at radius 3 is 2.30 bits per heavy atom. The second kappa shape index (κ2) is 4.32. The summed E-state index contributed by atoms with van der Waals surface area (Å²) in [5, 5.41) is 20.2. The first-order valence-corrected chi connectivity index (χ1v) is 7.05. The lowest BCUT2D eigenvalue weighted by atomic mass is 9.56. The van der Waals surface area contributed by atoms with E-state index in [0.29, 0.717) is 11.1 Å². The van der Waals surface area contributed by atoms with Gasteiger partial charge in [0.15, 0.2) is 0 Å². The molecule has 0 amide bonds. The number of aromatic carboxylic acids is 1. The van der Waals surface area contributed by atoms with Crippen molar-refractivity contribution in [2.75, 3.05) is 0 Å². The number of carbonyl (C=O) groups is 1. The normalized spacial score (nSPS) is 23.2. The van der Waals surface area contributed by atoms with Crippen LogP contribution >= 0.6 is 0 Å². The van der Waals surface area contributed by atoms with E-state index in [9.17, 15) is 15.0 Å². The number of carboxylic acids is 1. The quantitative estimate of drug-likeness (QED) is 0.823. The molecule has 1 aliphatic rings. The van der Waals surface area contributed by atoms with E-state index in [2.05, 4.69) is 27.7 Å². The lowest BCUT2D eigenvalue weighted by Crippen LogP contribution is -2.44. The third kappa shape index (κ3) is 1.87. The second-order valence-electron chi connectivity index (χ2n) is 7.25. The van der Waals surface area contributed by atoms with Crippen LogP contribution in [0.4, 0.5) is 0 Å². The maximum absolute atomic E-state index is 11.4. The van der Waals surface area contributed by atoms with Crippen molar-refractivity contribution in [1.29, 1.82) is 0 Å². The van der Waals surface area contributed by atoms with Crippen LogP contribution in [0, 0.1) is 24.7 Å². The van der Waals surface area contributed by atoms with E-state index >= 15 is 0 Å². The van der Waals surface area contributed by atoms with Crippen molar-refractivity contribution in [3.8, 4) is 0 Å². The summed E-state index contributed by atoms with van der Waals surface area (Å²) in [6.07, 6.45) is 0.221. The lowest BCUT2D eigenvalue weighted by molar-refractivity contribution is -0.0509. The van der Waals surface area contributed by atoms with E-state index < -0.39 is 12.1 Å². The number of aliphatic hydroxyl groups excluding tert-OH is 1. The van der Waals surface area contributed by atoms with Gasteiger partial charge in [-0.25, -0.2) is 4.79 Å². The first-order valence-electron chi connectivity index (χ1n) is 7.05. The summed E-state index contributed by atoms with van der Waals surface area (Å²) >= 11 is 0. The largest absolute Gasteiger partial charge is 0.478 e. The lowest BCUT2D eigenvalue weighted by Gasteiger charge is -2.50. The minimum absolute atomic E-state index is 0.0403. The predicted octanol–water partition coefficient (Wildman–Crippen LogP) is 3.64. The Morgan fingerprint density at radius 1 is 1.25 bits per heavy atom. The van der Waals surface area contributed by atoms with E-state index in [1.807, 2.05) is 6.92 Å². The van der Waals surface area contributed by atoms with Crippen LogP contribution < -0.4 is 0 Å². The molecular formula is C17H24O3. The standard InChI is InChI=1S/C17H24O3/c1-9-7-11(15(19)20)10(2)13-12(9)8-16(3,4)17(5,6)14(13)18/h7,14,18H,8H2,1-6H3,(H,19,20). The SMILES string of the molecule is Cc1cc(C(=O)O)c(C)c2c1CC(C)(C)C(C)(C)C2O. The second-order valence-corrected chi connectivity index (χ2v) is 7.25. The minimum Gasteiger partial charge on any atom is -0.478 e. The molecule has 0 bridgehead atoms. The number of hydrogen-bond acceptors (Lipinski definition) is 2. The zero-order valence-corrected chi connectivity index (χ0v) is 13.2. The third-order valence-electron chi connectivity index (χ3n) is 5.52. The number of carboxylic acid groups (broad SMARTS) is 1. The maximum atomic E-state index is 11.4. The van der Waals surface area contributed by atoms with Gasteiger partial charge < -0.3 is 10.2 Å². The molecule has 0 aromatic heterocycles. The molecule has 0 spiro atoms. The van der Waals surface area contributed by atoms with Crippen molar-refractivity contribution in [2.45, 2.75) is 54.1 Å². The highest BCUT2D eigenvalue weighted by molar-refractivity contribution is 5.90. The Balaban J connectivity index is 2.78. The highest BCUT2D eigenvalue weighted by Crippen LogP contribution is 2.55. The zero-order chi connectivity index (χ0) is 15.5. The molecule has 1 atom stereocenters. The predicted molar refractivity (Wildman–Crippen MR) is 79.1 cm³/mol. The van der Waals surface area contributed by atoms with Crippen molar-refractivity contribution in [3.05, 3.63) is 33.9 Å². The van der Waals surface area contributed by atoms with Gasteiger partial charge in [0.05, 0.1) is 11.7 Å². The minimum atomic E-state index is -0.928. The Morgan fingerprint density at radius 2 is 1.80 bits per heavy atom. The fourth-order valence-corrected chi connectivity index (χ4v) is 3.22. The van der Waals surface area contributed by atoms with E-state index in [-0.39, 0.29) is 10.8 Å². The number of benzene rings is 1.